The van der Waals surface area contributed by atoms with Gasteiger partial charge in [-0.25, -0.2) is 9.80 Å². The maximum absolute atomic E-state index is 10.5. The number of nitrogens with zero attached hydrogens (tertiary/aromatic N) is 1. The Balaban J connectivity index is 4.05. The molecule has 0 spiro atoms. The minimum absolute atomic E-state index is 0.161. The van der Waals surface area contributed by atoms with E-state index >= 15 is 0 Å². The molecule has 2 N–H and O–H groups in total. The Bertz CT molecular complexity index is 175. The Morgan fingerprint density at radius 1 is 1.36 bits per heavy atom. The summed E-state index contributed by atoms with van der Waals surface area (Å²) in [5.41, 5.74) is 2.27. The van der Waals surface area contributed by atoms with Crippen LogP contribution in [0.25, 0.3) is 0 Å². The summed E-state index contributed by atoms with van der Waals surface area (Å²) in [6.45, 7) is 8.88. The summed E-state index contributed by atoms with van der Waals surface area (Å²) in [4.78, 5) is 10.5. The van der Waals surface area contributed by atoms with Crippen molar-refractivity contribution in [2.45, 2.75) is 52.5 Å². The summed E-state index contributed by atoms with van der Waals surface area (Å²) in [7, 11) is 0. The van der Waals surface area contributed by atoms with Gasteiger partial charge in [-0.15, -0.1) is 0 Å². The summed E-state index contributed by atoms with van der Waals surface area (Å²) < 4.78 is 0. The van der Waals surface area contributed by atoms with Crippen LogP contribution in [0, 0.1) is 0 Å². The van der Waals surface area contributed by atoms with E-state index in [0.29, 0.717) is 0 Å². The average molecular weight is 202 g/mol. The van der Waals surface area contributed by atoms with Crippen LogP contribution in [-0.2, 0) is 0 Å². The molecule has 0 fully saturated rings. The first-order valence-corrected chi connectivity index (χ1v) is 5.15. The van der Waals surface area contributed by atoms with Gasteiger partial charge in [-0.1, -0.05) is 19.8 Å². The van der Waals surface area contributed by atoms with Gasteiger partial charge < -0.3 is 5.11 Å². The van der Waals surface area contributed by atoms with Crippen molar-refractivity contribution in [3.63, 3.8) is 0 Å². The third-order valence-electron chi connectivity index (χ3n) is 2.03. The second kappa shape index (κ2) is 5.86. The maximum Gasteiger partial charge on any atom is 0.419 e. The molecule has 0 aliphatic rings. The molecular weight excluding hydrogens is 180 g/mol. The number of amides is 1. The highest BCUT2D eigenvalue weighted by Gasteiger charge is 2.22. The van der Waals surface area contributed by atoms with Gasteiger partial charge in [0.15, 0.2) is 0 Å². The maximum atomic E-state index is 10.5. The molecule has 1 amide bonds. The lowest BCUT2D eigenvalue weighted by atomic mass is 10.1. The van der Waals surface area contributed by atoms with Crippen LogP contribution in [0.3, 0.4) is 0 Å². The summed E-state index contributed by atoms with van der Waals surface area (Å²) in [5, 5.41) is 10.4. The molecule has 0 rings (SSSR count). The summed E-state index contributed by atoms with van der Waals surface area (Å²) in [5.74, 6) is 0. The first-order valence-electron chi connectivity index (χ1n) is 5.15. The topological polar surface area (TPSA) is 52.6 Å². The third-order valence-corrected chi connectivity index (χ3v) is 2.03. The number of hydrogen-bond donors (Lipinski definition) is 2. The number of carboxylic acid groups (broad SMARTS) is 1. The molecule has 0 heterocycles. The Labute approximate surface area is 86.3 Å². The first-order chi connectivity index (χ1) is 6.38. The van der Waals surface area contributed by atoms with Crippen molar-refractivity contribution in [3.05, 3.63) is 0 Å². The van der Waals surface area contributed by atoms with Crippen LogP contribution < -0.4 is 5.43 Å². The van der Waals surface area contributed by atoms with E-state index in [2.05, 4.69) is 12.3 Å². The molecule has 0 saturated heterocycles. The molecule has 0 aliphatic carbocycles. The fourth-order valence-electron chi connectivity index (χ4n) is 1.19. The molecule has 0 aromatic heterocycles. The highest BCUT2D eigenvalue weighted by Crippen LogP contribution is 2.11. The largest absolute Gasteiger partial charge is 0.464 e. The van der Waals surface area contributed by atoms with Crippen LogP contribution in [0.1, 0.15) is 47.0 Å². The van der Waals surface area contributed by atoms with Gasteiger partial charge in [0.05, 0.1) is 0 Å². The van der Waals surface area contributed by atoms with E-state index in [0.717, 1.165) is 25.8 Å². The van der Waals surface area contributed by atoms with Gasteiger partial charge in [0.1, 0.15) is 0 Å². The number of nitrogens with one attached hydrogen (secondary N) is 1. The number of unbranched alkanes of at least 4 members (excludes halogenated alkanes) is 2. The van der Waals surface area contributed by atoms with Gasteiger partial charge in [0, 0.05) is 12.1 Å². The van der Waals surface area contributed by atoms with Crippen LogP contribution in [-0.4, -0.2) is 28.3 Å². The molecular formula is C10H22N2O2. The molecule has 0 aromatic carbocycles. The normalized spacial score (nSPS) is 11.8. The Hall–Kier alpha value is -0.770. The van der Waals surface area contributed by atoms with E-state index in [1.54, 1.807) is 5.01 Å². The molecule has 0 saturated carbocycles. The van der Waals surface area contributed by atoms with E-state index in [4.69, 9.17) is 5.11 Å². The van der Waals surface area contributed by atoms with Crippen molar-refractivity contribution in [3.8, 4) is 0 Å². The molecule has 14 heavy (non-hydrogen) atoms. The summed E-state index contributed by atoms with van der Waals surface area (Å²) >= 11 is 0. The van der Waals surface area contributed by atoms with Crippen molar-refractivity contribution in [1.29, 1.82) is 0 Å². The van der Waals surface area contributed by atoms with Crippen LogP contribution in [0.15, 0.2) is 0 Å². The van der Waals surface area contributed by atoms with Gasteiger partial charge in [0.25, 0.3) is 0 Å². The lowest BCUT2D eigenvalue weighted by Gasteiger charge is -2.34. The molecule has 84 valence electrons. The van der Waals surface area contributed by atoms with Gasteiger partial charge in [-0.05, 0) is 27.2 Å². The first kappa shape index (κ1) is 13.2. The lowest BCUT2D eigenvalue weighted by Crippen LogP contribution is -2.52. The zero-order chi connectivity index (χ0) is 11.2. The fourth-order valence-corrected chi connectivity index (χ4v) is 1.19. The second-order valence-electron chi connectivity index (χ2n) is 4.45. The summed E-state index contributed by atoms with van der Waals surface area (Å²) in [6, 6.07) is 0. The van der Waals surface area contributed by atoms with Crippen molar-refractivity contribution in [1.82, 2.24) is 10.4 Å². The van der Waals surface area contributed by atoms with Crippen LogP contribution in [0.4, 0.5) is 4.79 Å². The van der Waals surface area contributed by atoms with E-state index in [1.807, 2.05) is 20.8 Å². The molecule has 0 aromatic rings. The average Bonchev–Trinajstić information content (AvgIpc) is 2.00. The van der Waals surface area contributed by atoms with E-state index in [9.17, 15) is 4.79 Å². The SMILES string of the molecule is CCCCCN(NC(=O)O)C(C)(C)C. The minimum atomic E-state index is -0.989. The van der Waals surface area contributed by atoms with Gasteiger partial charge in [-0.3, -0.25) is 5.43 Å². The minimum Gasteiger partial charge on any atom is -0.464 e. The highest BCUT2D eigenvalue weighted by molar-refractivity contribution is 5.63. The monoisotopic (exact) mass is 202 g/mol. The highest BCUT2D eigenvalue weighted by atomic mass is 16.4. The van der Waals surface area contributed by atoms with Gasteiger partial charge in [0.2, 0.25) is 0 Å². The predicted octanol–water partition coefficient (Wildman–Crippen LogP) is 2.46. The molecule has 0 radical (unpaired) electrons. The van der Waals surface area contributed by atoms with E-state index in [-0.39, 0.29) is 5.54 Å². The van der Waals surface area contributed by atoms with Crippen molar-refractivity contribution < 1.29 is 9.90 Å². The zero-order valence-corrected chi connectivity index (χ0v) is 9.63. The van der Waals surface area contributed by atoms with Crippen molar-refractivity contribution >= 4 is 6.09 Å². The quantitative estimate of drug-likeness (QED) is 0.532. The summed E-state index contributed by atoms with van der Waals surface area (Å²) in [6.07, 6.45) is 2.31. The number of hydrazine groups is 1. The van der Waals surface area contributed by atoms with Crippen molar-refractivity contribution in [2.24, 2.45) is 0 Å². The lowest BCUT2D eigenvalue weighted by molar-refractivity contribution is 0.0666. The van der Waals surface area contributed by atoms with Gasteiger partial charge in [-0.2, -0.15) is 0 Å². The molecule has 0 unspecified atom stereocenters. The Kier molecular flexibility index (Phi) is 5.53. The van der Waals surface area contributed by atoms with E-state index < -0.39 is 6.09 Å². The second-order valence-corrected chi connectivity index (χ2v) is 4.45. The molecule has 0 bridgehead atoms. The number of hydrogen-bond acceptors (Lipinski definition) is 2. The third kappa shape index (κ3) is 5.80. The van der Waals surface area contributed by atoms with Crippen LogP contribution in [0.5, 0.6) is 0 Å². The molecule has 0 aliphatic heterocycles. The molecule has 4 nitrogen and oxygen atoms in total. The van der Waals surface area contributed by atoms with E-state index in [1.165, 1.54) is 0 Å². The Morgan fingerprint density at radius 2 is 1.93 bits per heavy atom. The fraction of sp³-hybridized carbons (Fsp3) is 0.900. The number of rotatable bonds is 5. The zero-order valence-electron chi connectivity index (χ0n) is 9.63. The van der Waals surface area contributed by atoms with Crippen LogP contribution >= 0.6 is 0 Å². The molecule has 4 heteroatoms. The Morgan fingerprint density at radius 3 is 2.29 bits per heavy atom. The number of carbonyl (C=O) groups is 1. The predicted molar refractivity (Wildman–Crippen MR) is 57.1 cm³/mol. The smallest absolute Gasteiger partial charge is 0.419 e. The standard InChI is InChI=1S/C10H22N2O2/c1-5-6-7-8-12(10(2,3)4)11-9(13)14/h11H,5-8H2,1-4H3,(H,13,14). The van der Waals surface area contributed by atoms with Crippen molar-refractivity contribution in [2.75, 3.05) is 6.54 Å². The van der Waals surface area contributed by atoms with Crippen LogP contribution in [0.2, 0.25) is 0 Å². The van der Waals surface area contributed by atoms with Gasteiger partial charge >= 0.3 is 6.09 Å². The molecule has 0 atom stereocenters.